The zero-order valence-corrected chi connectivity index (χ0v) is 11.0. The second kappa shape index (κ2) is 5.14. The zero-order valence-electron chi connectivity index (χ0n) is 11.0. The number of aromatic nitrogens is 2. The molecule has 0 saturated carbocycles. The lowest BCUT2D eigenvalue weighted by Crippen LogP contribution is -2.14. The third kappa shape index (κ3) is 2.49. The van der Waals surface area contributed by atoms with E-state index in [1.54, 1.807) is 6.20 Å². The molecule has 0 amide bonds. The Morgan fingerprint density at radius 3 is 2.78 bits per heavy atom. The SMILES string of the molecule is Cc1cnc(C)c(N(C)c2cccc(CN)c2)n1. The minimum atomic E-state index is 0.542. The van der Waals surface area contributed by atoms with E-state index in [0.29, 0.717) is 6.54 Å². The second-order valence-corrected chi connectivity index (χ2v) is 4.35. The molecule has 0 unspecified atom stereocenters. The van der Waals surface area contributed by atoms with Gasteiger partial charge in [0.1, 0.15) is 0 Å². The Balaban J connectivity index is 2.40. The summed E-state index contributed by atoms with van der Waals surface area (Å²) in [6.45, 7) is 4.45. The highest BCUT2D eigenvalue weighted by molar-refractivity contribution is 5.61. The van der Waals surface area contributed by atoms with Crippen LogP contribution in [0.1, 0.15) is 17.0 Å². The summed E-state index contributed by atoms with van der Waals surface area (Å²) >= 11 is 0. The number of anilines is 2. The van der Waals surface area contributed by atoms with Crippen molar-refractivity contribution in [1.82, 2.24) is 9.97 Å². The number of hydrogen-bond acceptors (Lipinski definition) is 4. The standard InChI is InChI=1S/C14H18N4/c1-10-9-16-11(2)14(17-10)18(3)13-6-4-5-12(7-13)8-15/h4-7,9H,8,15H2,1-3H3. The lowest BCUT2D eigenvalue weighted by Gasteiger charge is -2.20. The first-order valence-electron chi connectivity index (χ1n) is 5.95. The molecule has 2 N–H and O–H groups in total. The number of nitrogens with two attached hydrogens (primary N) is 1. The fraction of sp³-hybridized carbons (Fsp3) is 0.286. The highest BCUT2D eigenvalue weighted by Crippen LogP contribution is 2.24. The Hall–Kier alpha value is -1.94. The maximum absolute atomic E-state index is 5.67. The Labute approximate surface area is 107 Å². The van der Waals surface area contributed by atoms with E-state index in [9.17, 15) is 0 Å². The molecule has 0 radical (unpaired) electrons. The molecule has 1 aromatic heterocycles. The Kier molecular flexibility index (Phi) is 3.58. The van der Waals surface area contributed by atoms with Crippen LogP contribution in [0.2, 0.25) is 0 Å². The molecular formula is C14H18N4. The van der Waals surface area contributed by atoms with Gasteiger partial charge in [0, 0.05) is 25.5 Å². The van der Waals surface area contributed by atoms with Crippen LogP contribution in [0.3, 0.4) is 0 Å². The Morgan fingerprint density at radius 2 is 2.06 bits per heavy atom. The molecule has 1 heterocycles. The molecule has 0 aliphatic heterocycles. The number of benzene rings is 1. The van der Waals surface area contributed by atoms with Crippen molar-refractivity contribution in [1.29, 1.82) is 0 Å². The molecule has 0 aliphatic carbocycles. The fourth-order valence-electron chi connectivity index (χ4n) is 1.86. The molecule has 94 valence electrons. The van der Waals surface area contributed by atoms with Gasteiger partial charge in [0.2, 0.25) is 0 Å². The van der Waals surface area contributed by atoms with Crippen molar-refractivity contribution in [3.05, 3.63) is 47.4 Å². The van der Waals surface area contributed by atoms with Crippen LogP contribution >= 0.6 is 0 Å². The summed E-state index contributed by atoms with van der Waals surface area (Å²) in [5, 5.41) is 0. The molecule has 0 bridgehead atoms. The summed E-state index contributed by atoms with van der Waals surface area (Å²) in [6.07, 6.45) is 1.78. The van der Waals surface area contributed by atoms with E-state index in [4.69, 9.17) is 5.73 Å². The van der Waals surface area contributed by atoms with E-state index in [1.807, 2.05) is 44.0 Å². The summed E-state index contributed by atoms with van der Waals surface area (Å²) in [7, 11) is 1.99. The molecule has 4 nitrogen and oxygen atoms in total. The van der Waals surface area contributed by atoms with E-state index >= 15 is 0 Å². The fourth-order valence-corrected chi connectivity index (χ4v) is 1.86. The Morgan fingerprint density at radius 1 is 1.28 bits per heavy atom. The van der Waals surface area contributed by atoms with Crippen molar-refractivity contribution in [3.63, 3.8) is 0 Å². The number of rotatable bonds is 3. The van der Waals surface area contributed by atoms with Gasteiger partial charge >= 0.3 is 0 Å². The van der Waals surface area contributed by atoms with E-state index in [0.717, 1.165) is 28.5 Å². The molecule has 0 spiro atoms. The molecule has 0 aliphatic rings. The largest absolute Gasteiger partial charge is 0.328 e. The van der Waals surface area contributed by atoms with Crippen molar-refractivity contribution < 1.29 is 0 Å². The summed E-state index contributed by atoms with van der Waals surface area (Å²) < 4.78 is 0. The first kappa shape index (κ1) is 12.5. The van der Waals surface area contributed by atoms with Crippen molar-refractivity contribution in [2.75, 3.05) is 11.9 Å². The molecule has 0 atom stereocenters. The first-order chi connectivity index (χ1) is 8.61. The predicted molar refractivity (Wildman–Crippen MR) is 73.9 cm³/mol. The number of nitrogens with zero attached hydrogens (tertiary/aromatic N) is 3. The van der Waals surface area contributed by atoms with Gasteiger partial charge in [-0.3, -0.25) is 4.98 Å². The van der Waals surface area contributed by atoms with Gasteiger partial charge in [-0.25, -0.2) is 4.98 Å². The van der Waals surface area contributed by atoms with Crippen molar-refractivity contribution >= 4 is 11.5 Å². The first-order valence-corrected chi connectivity index (χ1v) is 5.95. The molecule has 2 rings (SSSR count). The molecule has 0 fully saturated rings. The van der Waals surface area contributed by atoms with Crippen LogP contribution in [0, 0.1) is 13.8 Å². The predicted octanol–water partition coefficient (Wildman–Crippen LogP) is 2.32. The van der Waals surface area contributed by atoms with Gasteiger partial charge < -0.3 is 10.6 Å². The smallest absolute Gasteiger partial charge is 0.154 e. The number of aryl methyl sites for hydroxylation is 2. The number of hydrogen-bond donors (Lipinski definition) is 1. The molecular weight excluding hydrogens is 224 g/mol. The summed E-state index contributed by atoms with van der Waals surface area (Å²) in [6, 6.07) is 8.14. The zero-order chi connectivity index (χ0) is 13.1. The van der Waals surface area contributed by atoms with Crippen molar-refractivity contribution in [3.8, 4) is 0 Å². The van der Waals surface area contributed by atoms with Crippen LogP contribution in [0.4, 0.5) is 11.5 Å². The maximum atomic E-state index is 5.67. The quantitative estimate of drug-likeness (QED) is 0.897. The van der Waals surface area contributed by atoms with Crippen LogP contribution in [-0.2, 0) is 6.54 Å². The monoisotopic (exact) mass is 242 g/mol. The normalized spacial score (nSPS) is 10.4. The lowest BCUT2D eigenvalue weighted by molar-refractivity contribution is 1.00. The van der Waals surface area contributed by atoms with E-state index in [1.165, 1.54) is 0 Å². The third-order valence-electron chi connectivity index (χ3n) is 2.90. The van der Waals surface area contributed by atoms with Gasteiger partial charge in [0.25, 0.3) is 0 Å². The van der Waals surface area contributed by atoms with Crippen LogP contribution in [-0.4, -0.2) is 17.0 Å². The van der Waals surface area contributed by atoms with Gasteiger partial charge in [-0.05, 0) is 31.5 Å². The van der Waals surface area contributed by atoms with E-state index in [-0.39, 0.29) is 0 Å². The van der Waals surface area contributed by atoms with Gasteiger partial charge in [-0.1, -0.05) is 12.1 Å². The Bertz CT molecular complexity index is 551. The maximum Gasteiger partial charge on any atom is 0.154 e. The van der Waals surface area contributed by atoms with Crippen molar-refractivity contribution in [2.24, 2.45) is 5.73 Å². The molecule has 0 saturated heterocycles. The molecule has 1 aromatic carbocycles. The van der Waals surface area contributed by atoms with Gasteiger partial charge in [0.15, 0.2) is 5.82 Å². The summed E-state index contributed by atoms with van der Waals surface area (Å²) in [4.78, 5) is 10.9. The topological polar surface area (TPSA) is 55.0 Å². The highest BCUT2D eigenvalue weighted by Gasteiger charge is 2.10. The van der Waals surface area contributed by atoms with Gasteiger partial charge in [0.05, 0.1) is 11.4 Å². The van der Waals surface area contributed by atoms with Crippen LogP contribution in [0.15, 0.2) is 30.5 Å². The highest BCUT2D eigenvalue weighted by atomic mass is 15.2. The van der Waals surface area contributed by atoms with E-state index in [2.05, 4.69) is 16.0 Å². The second-order valence-electron chi connectivity index (χ2n) is 4.35. The molecule has 18 heavy (non-hydrogen) atoms. The summed E-state index contributed by atoms with van der Waals surface area (Å²) in [5.41, 5.74) is 9.68. The summed E-state index contributed by atoms with van der Waals surface area (Å²) in [5.74, 6) is 0.879. The van der Waals surface area contributed by atoms with Gasteiger partial charge in [-0.2, -0.15) is 0 Å². The molecule has 4 heteroatoms. The minimum absolute atomic E-state index is 0.542. The van der Waals surface area contributed by atoms with Crippen LogP contribution in [0.5, 0.6) is 0 Å². The third-order valence-corrected chi connectivity index (χ3v) is 2.90. The average molecular weight is 242 g/mol. The van der Waals surface area contributed by atoms with Crippen molar-refractivity contribution in [2.45, 2.75) is 20.4 Å². The van der Waals surface area contributed by atoms with Crippen LogP contribution < -0.4 is 10.6 Å². The van der Waals surface area contributed by atoms with Gasteiger partial charge in [-0.15, -0.1) is 0 Å². The average Bonchev–Trinajstić information content (AvgIpc) is 2.41. The molecule has 2 aromatic rings. The minimum Gasteiger partial charge on any atom is -0.328 e. The van der Waals surface area contributed by atoms with E-state index < -0.39 is 0 Å². The van der Waals surface area contributed by atoms with Crippen LogP contribution in [0.25, 0.3) is 0 Å². The lowest BCUT2D eigenvalue weighted by atomic mass is 10.2.